The Kier molecular flexibility index (Phi) is 5.65. The van der Waals surface area contributed by atoms with Gasteiger partial charge in [0, 0.05) is 53.1 Å². The third kappa shape index (κ3) is 4.20. The molecule has 0 aliphatic heterocycles. The Morgan fingerprint density at radius 2 is 1.81 bits per heavy atom. The predicted molar refractivity (Wildman–Crippen MR) is 143 cm³/mol. The van der Waals surface area contributed by atoms with Crippen molar-refractivity contribution < 1.29 is 9.47 Å². The number of anilines is 4. The van der Waals surface area contributed by atoms with Gasteiger partial charge in [0.2, 0.25) is 5.95 Å². The zero-order chi connectivity index (χ0) is 25.4. The number of H-pyrrole nitrogens is 1. The molecule has 0 bridgehead atoms. The van der Waals surface area contributed by atoms with E-state index in [1.165, 1.54) is 0 Å². The first-order valence-corrected chi connectivity index (χ1v) is 11.8. The summed E-state index contributed by atoms with van der Waals surface area (Å²) in [5.74, 6) is 2.78. The van der Waals surface area contributed by atoms with Crippen LogP contribution in [0.3, 0.4) is 0 Å². The monoisotopic (exact) mass is 491 g/mol. The summed E-state index contributed by atoms with van der Waals surface area (Å²) >= 11 is 0. The molecule has 0 saturated carbocycles. The van der Waals surface area contributed by atoms with Crippen LogP contribution >= 0.6 is 0 Å². The Balaban J connectivity index is 1.25. The van der Waals surface area contributed by atoms with Crippen molar-refractivity contribution in [1.82, 2.24) is 25.1 Å². The van der Waals surface area contributed by atoms with Crippen molar-refractivity contribution in [3.05, 3.63) is 83.8 Å². The Morgan fingerprint density at radius 3 is 2.62 bits per heavy atom. The van der Waals surface area contributed by atoms with E-state index >= 15 is 0 Å². The Morgan fingerprint density at radius 1 is 0.946 bits per heavy atom. The number of pyridine rings is 1. The van der Waals surface area contributed by atoms with Gasteiger partial charge >= 0.3 is 0 Å². The Bertz CT molecular complexity index is 1600. The fourth-order valence-corrected chi connectivity index (χ4v) is 4.53. The van der Waals surface area contributed by atoms with E-state index in [2.05, 4.69) is 41.8 Å². The van der Waals surface area contributed by atoms with Gasteiger partial charge in [0.15, 0.2) is 11.5 Å². The second-order valence-corrected chi connectivity index (χ2v) is 8.75. The molecule has 184 valence electrons. The van der Waals surface area contributed by atoms with Crippen LogP contribution in [0.1, 0.15) is 16.7 Å². The van der Waals surface area contributed by atoms with Gasteiger partial charge in [0.1, 0.15) is 5.82 Å². The summed E-state index contributed by atoms with van der Waals surface area (Å²) in [4.78, 5) is 13.3. The summed E-state index contributed by atoms with van der Waals surface area (Å²) in [7, 11) is 3.29. The molecule has 37 heavy (non-hydrogen) atoms. The largest absolute Gasteiger partial charge is 0.493 e. The third-order valence-corrected chi connectivity index (χ3v) is 6.47. The average molecular weight is 492 g/mol. The van der Waals surface area contributed by atoms with Crippen molar-refractivity contribution in [1.29, 1.82) is 0 Å². The lowest BCUT2D eigenvalue weighted by Gasteiger charge is -2.12. The van der Waals surface area contributed by atoms with Crippen LogP contribution in [0.2, 0.25) is 0 Å². The van der Waals surface area contributed by atoms with Crippen LogP contribution in [0, 0.1) is 6.92 Å². The molecule has 6 rings (SSSR count). The highest BCUT2D eigenvalue weighted by molar-refractivity contribution is 5.82. The molecule has 1 aliphatic rings. The third-order valence-electron chi connectivity index (χ3n) is 6.47. The second-order valence-electron chi connectivity index (χ2n) is 8.75. The van der Waals surface area contributed by atoms with Crippen LogP contribution < -0.4 is 20.1 Å². The molecule has 0 unspecified atom stereocenters. The van der Waals surface area contributed by atoms with E-state index in [1.807, 2.05) is 49.4 Å². The van der Waals surface area contributed by atoms with Crippen molar-refractivity contribution in [3.8, 4) is 34.0 Å². The minimum Gasteiger partial charge on any atom is -0.493 e. The Hall–Kier alpha value is -4.92. The van der Waals surface area contributed by atoms with E-state index in [0.717, 1.165) is 62.8 Å². The van der Waals surface area contributed by atoms with Gasteiger partial charge in [-0.15, -0.1) is 0 Å². The van der Waals surface area contributed by atoms with Crippen LogP contribution in [0.25, 0.3) is 22.5 Å². The number of fused-ring (bicyclic) bond motifs is 3. The molecule has 0 atom stereocenters. The van der Waals surface area contributed by atoms with Gasteiger partial charge in [0.05, 0.1) is 25.6 Å². The second kappa shape index (κ2) is 9.27. The standard InChI is InChI=1S/C28H25N7O2/c1-16-6-7-19(13-23(16)33-28-30-10-8-22(32-28)17-5-4-9-29-15-17)31-27-21-11-18-12-24(36-2)25(37-3)14-20(18)26(21)34-35-27/h4-10,12-15H,11H2,1-3H3,(H,30,32,33)(H2,31,34,35). The summed E-state index contributed by atoms with van der Waals surface area (Å²) in [5, 5.41) is 14.6. The molecule has 0 fully saturated rings. The molecule has 3 aromatic heterocycles. The maximum Gasteiger partial charge on any atom is 0.227 e. The summed E-state index contributed by atoms with van der Waals surface area (Å²) in [6.45, 7) is 2.04. The molecular formula is C28H25N7O2. The lowest BCUT2D eigenvalue weighted by atomic mass is 10.1. The van der Waals surface area contributed by atoms with Gasteiger partial charge < -0.3 is 20.1 Å². The molecule has 9 nitrogen and oxygen atoms in total. The number of methoxy groups -OCH3 is 2. The van der Waals surface area contributed by atoms with E-state index < -0.39 is 0 Å². The van der Waals surface area contributed by atoms with Gasteiger partial charge in [-0.05, 0) is 60.5 Å². The van der Waals surface area contributed by atoms with Crippen molar-refractivity contribution >= 4 is 23.1 Å². The van der Waals surface area contributed by atoms with Gasteiger partial charge in [-0.1, -0.05) is 6.07 Å². The maximum absolute atomic E-state index is 5.49. The molecule has 9 heteroatoms. The molecular weight excluding hydrogens is 466 g/mol. The number of aryl methyl sites for hydroxylation is 1. The van der Waals surface area contributed by atoms with E-state index in [-0.39, 0.29) is 0 Å². The quantitative estimate of drug-likeness (QED) is 0.263. The topological polar surface area (TPSA) is 110 Å². The smallest absolute Gasteiger partial charge is 0.227 e. The van der Waals surface area contributed by atoms with Gasteiger partial charge in [-0.2, -0.15) is 5.10 Å². The minimum atomic E-state index is 0.516. The van der Waals surface area contributed by atoms with E-state index in [1.54, 1.807) is 32.8 Å². The highest BCUT2D eigenvalue weighted by atomic mass is 16.5. The lowest BCUT2D eigenvalue weighted by molar-refractivity contribution is 0.355. The van der Waals surface area contributed by atoms with Crippen molar-refractivity contribution in [3.63, 3.8) is 0 Å². The predicted octanol–water partition coefficient (Wildman–Crippen LogP) is 5.65. The first-order valence-electron chi connectivity index (χ1n) is 11.8. The molecule has 3 N–H and O–H groups in total. The summed E-state index contributed by atoms with van der Waals surface area (Å²) in [6, 6.07) is 15.9. The molecule has 0 amide bonds. The fraction of sp³-hybridized carbons (Fsp3) is 0.143. The van der Waals surface area contributed by atoms with E-state index in [9.17, 15) is 0 Å². The minimum absolute atomic E-state index is 0.516. The summed E-state index contributed by atoms with van der Waals surface area (Å²) < 4.78 is 11.0. The van der Waals surface area contributed by atoms with Gasteiger partial charge in [0.25, 0.3) is 0 Å². The number of aromatic amines is 1. The number of nitrogens with zero attached hydrogens (tertiary/aromatic N) is 4. The van der Waals surface area contributed by atoms with Crippen molar-refractivity contribution in [2.24, 2.45) is 0 Å². The first-order chi connectivity index (χ1) is 18.1. The van der Waals surface area contributed by atoms with E-state index in [4.69, 9.17) is 9.47 Å². The summed E-state index contributed by atoms with van der Waals surface area (Å²) in [6.07, 6.45) is 6.02. The number of hydrogen-bond acceptors (Lipinski definition) is 8. The van der Waals surface area contributed by atoms with Crippen LogP contribution in [0.5, 0.6) is 11.5 Å². The SMILES string of the molecule is COc1cc2c(cc1OC)-c1n[nH]c(Nc3ccc(C)c(Nc4nccc(-c5cccnc5)n4)c3)c1C2. The zero-order valence-electron chi connectivity index (χ0n) is 20.7. The molecule has 3 heterocycles. The van der Waals surface area contributed by atoms with E-state index in [0.29, 0.717) is 17.4 Å². The molecule has 5 aromatic rings. The highest BCUT2D eigenvalue weighted by Gasteiger charge is 2.27. The average Bonchev–Trinajstić information content (AvgIpc) is 3.49. The molecule has 2 aromatic carbocycles. The van der Waals surface area contributed by atoms with Crippen LogP contribution in [0.4, 0.5) is 23.1 Å². The Labute approximate surface area is 213 Å². The molecule has 0 radical (unpaired) electrons. The molecule has 0 saturated heterocycles. The number of benzene rings is 2. The maximum atomic E-state index is 5.49. The molecule has 0 spiro atoms. The number of rotatable bonds is 7. The number of ether oxygens (including phenoxy) is 2. The van der Waals surface area contributed by atoms with Gasteiger partial charge in [-0.3, -0.25) is 10.1 Å². The van der Waals surface area contributed by atoms with Crippen molar-refractivity contribution in [2.45, 2.75) is 13.3 Å². The summed E-state index contributed by atoms with van der Waals surface area (Å²) in [5.41, 5.74) is 8.86. The van der Waals surface area contributed by atoms with Crippen LogP contribution in [-0.2, 0) is 6.42 Å². The van der Waals surface area contributed by atoms with Crippen molar-refractivity contribution in [2.75, 3.05) is 24.9 Å². The zero-order valence-corrected chi connectivity index (χ0v) is 20.7. The van der Waals surface area contributed by atoms with Gasteiger partial charge in [-0.25, -0.2) is 9.97 Å². The fourth-order valence-electron chi connectivity index (χ4n) is 4.53. The number of aromatic nitrogens is 5. The number of nitrogens with one attached hydrogen (secondary N) is 3. The number of hydrogen-bond donors (Lipinski definition) is 3. The molecule has 1 aliphatic carbocycles. The first kappa shape index (κ1) is 22.5. The lowest BCUT2D eigenvalue weighted by Crippen LogP contribution is -2.01. The van der Waals surface area contributed by atoms with Crippen LogP contribution in [0.15, 0.2) is 67.1 Å². The van der Waals surface area contributed by atoms with Crippen LogP contribution in [-0.4, -0.2) is 39.4 Å². The highest BCUT2D eigenvalue weighted by Crippen LogP contribution is 2.44. The normalized spacial score (nSPS) is 11.5.